The number of aryl methyl sites for hydroxylation is 2. The topological polar surface area (TPSA) is 9.86 Å². The minimum atomic E-state index is -2.84. The van der Waals surface area contributed by atoms with Crippen molar-refractivity contribution in [3.05, 3.63) is 120 Å². The van der Waals surface area contributed by atoms with Gasteiger partial charge in [-0.3, -0.25) is 0 Å². The number of hydrogen-bond donors (Lipinski definition) is 0. The van der Waals surface area contributed by atoms with E-state index in [1.54, 1.807) is 22.5 Å². The summed E-state index contributed by atoms with van der Waals surface area (Å²) < 4.78 is 9.26. The molecule has 9 rings (SSSR count). The predicted molar refractivity (Wildman–Crippen MR) is 150 cm³/mol. The molecule has 6 aromatic rings. The van der Waals surface area contributed by atoms with Gasteiger partial charge in [0.05, 0.1) is 0 Å². The first-order valence-corrected chi connectivity index (χ1v) is 19.9. The van der Waals surface area contributed by atoms with E-state index < -0.39 is 20.3 Å². The monoisotopic (exact) mass is 624 g/mol. The average molecular weight is 627 g/mol. The summed E-state index contributed by atoms with van der Waals surface area (Å²) in [6.07, 6.45) is 0. The van der Waals surface area contributed by atoms with Crippen molar-refractivity contribution in [2.75, 3.05) is 0 Å². The smallest absolute Gasteiger partial charge is 1.00 e. The molecule has 5 heteroatoms. The number of rotatable bonds is 2. The Hall–Kier alpha value is -2.58. The van der Waals surface area contributed by atoms with Gasteiger partial charge in [0.2, 0.25) is 0 Å². The van der Waals surface area contributed by atoms with Gasteiger partial charge in [0.15, 0.2) is 0 Å². The molecular weight excluding hydrogens is 599 g/mol. The second-order valence-electron chi connectivity index (χ2n) is 11.4. The van der Waals surface area contributed by atoms with Gasteiger partial charge in [-0.1, -0.05) is 0 Å². The third-order valence-corrected chi connectivity index (χ3v) is 22.5. The van der Waals surface area contributed by atoms with Crippen molar-refractivity contribution < 1.29 is 45.1 Å². The van der Waals surface area contributed by atoms with Crippen LogP contribution >= 0.6 is 0 Å². The zero-order valence-corrected chi connectivity index (χ0v) is 25.9. The maximum Gasteiger partial charge on any atom is -1.00 e. The van der Waals surface area contributed by atoms with Gasteiger partial charge in [-0.15, -0.1) is 0 Å². The van der Waals surface area contributed by atoms with E-state index in [-0.39, 0.29) is 24.8 Å². The molecule has 39 heavy (non-hydrogen) atoms. The summed E-state index contributed by atoms with van der Waals surface area (Å²) in [5.41, 5.74) is 15.2. The van der Waals surface area contributed by atoms with Crippen LogP contribution in [0.3, 0.4) is 0 Å². The van der Waals surface area contributed by atoms with Crippen LogP contribution in [0.2, 0.25) is 8.26 Å². The molecule has 0 N–H and O–H groups in total. The van der Waals surface area contributed by atoms with E-state index in [9.17, 15) is 0 Å². The third-order valence-electron chi connectivity index (χ3n) is 9.91. The quantitative estimate of drug-likeness (QED) is 0.280. The van der Waals surface area contributed by atoms with Gasteiger partial charge in [-0.25, -0.2) is 0 Å². The van der Waals surface area contributed by atoms with Crippen LogP contribution in [0.15, 0.2) is 97.1 Å². The molecular formula is C34H28Cl2N2Zr. The number of aromatic nitrogens is 2. The van der Waals surface area contributed by atoms with Crippen LogP contribution in [0.4, 0.5) is 0 Å². The number of halogens is 2. The summed E-state index contributed by atoms with van der Waals surface area (Å²) in [6.45, 7) is 0. The standard InChI is InChI=1S/2C16H12N.C2H4.2ClH.Zr/c2*1-17-14-9-5-4-8-13(14)16-12-7-3-2-6-11(12)10-15(16)17;1-2;;;/h2*2-10H,1H3;1-2H2;2*1H;/q;;;;;+2/p-2. The van der Waals surface area contributed by atoms with Crippen LogP contribution in [0.25, 0.3) is 44.1 Å². The largest absolute Gasteiger partial charge is 1.00 e. The van der Waals surface area contributed by atoms with Crippen LogP contribution in [-0.4, -0.2) is 9.13 Å². The molecule has 192 valence electrons. The number of hydrogen-bond acceptors (Lipinski definition) is 0. The fraction of sp³-hybridized carbons (Fsp3) is 0.176. The van der Waals surface area contributed by atoms with E-state index >= 15 is 0 Å². The molecule has 0 amide bonds. The Morgan fingerprint density at radius 1 is 0.538 bits per heavy atom. The van der Waals surface area contributed by atoms with Crippen molar-refractivity contribution in [1.29, 1.82) is 0 Å². The van der Waals surface area contributed by atoms with Crippen molar-refractivity contribution in [3.8, 4) is 22.3 Å². The molecule has 1 fully saturated rings. The van der Waals surface area contributed by atoms with Crippen molar-refractivity contribution in [1.82, 2.24) is 9.13 Å². The summed E-state index contributed by atoms with van der Waals surface area (Å²) in [6, 6.07) is 36.9. The van der Waals surface area contributed by atoms with Gasteiger partial charge in [0.25, 0.3) is 0 Å². The second kappa shape index (κ2) is 8.71. The summed E-state index contributed by atoms with van der Waals surface area (Å²) in [4.78, 5) is 0. The number of fused-ring (bicyclic) bond motifs is 10. The van der Waals surface area contributed by atoms with Gasteiger partial charge in [-0.2, -0.15) is 0 Å². The SMILES string of the molecule is Cn1c2c(c3ccccc31)-c1ccccc1[CH]2[Zr+2]1([CH]2c3ccccc3-c3c2n(C)c2ccccc32)[CH2][CH2]1.[Cl-].[Cl-]. The van der Waals surface area contributed by atoms with Gasteiger partial charge in [0.1, 0.15) is 0 Å². The van der Waals surface area contributed by atoms with Crippen LogP contribution in [0.5, 0.6) is 0 Å². The first-order chi connectivity index (χ1) is 18.2. The normalized spacial score (nSPS) is 18.3. The molecule has 2 aromatic heterocycles. The molecule has 2 nitrogen and oxygen atoms in total. The Bertz CT molecular complexity index is 1810. The zero-order valence-electron chi connectivity index (χ0n) is 22.0. The van der Waals surface area contributed by atoms with Crippen LogP contribution in [0.1, 0.15) is 29.8 Å². The van der Waals surface area contributed by atoms with E-state index in [4.69, 9.17) is 0 Å². The van der Waals surface area contributed by atoms with Crippen molar-refractivity contribution in [3.63, 3.8) is 0 Å². The summed E-state index contributed by atoms with van der Waals surface area (Å²) >= 11 is -2.84. The minimum absolute atomic E-state index is 0. The predicted octanol–water partition coefficient (Wildman–Crippen LogP) is 2.52. The molecule has 0 spiro atoms. The molecule has 1 aliphatic heterocycles. The molecule has 3 aliphatic rings. The Morgan fingerprint density at radius 2 is 0.923 bits per heavy atom. The zero-order chi connectivity index (χ0) is 24.5. The van der Waals surface area contributed by atoms with Crippen LogP contribution in [0, 0.1) is 0 Å². The summed E-state index contributed by atoms with van der Waals surface area (Å²) in [5.74, 6) is 0. The Balaban J connectivity index is 0.00000127. The van der Waals surface area contributed by atoms with Crippen molar-refractivity contribution in [2.24, 2.45) is 14.1 Å². The Labute approximate surface area is 245 Å². The van der Waals surface area contributed by atoms with E-state index in [0.717, 1.165) is 0 Å². The van der Waals surface area contributed by atoms with Gasteiger partial charge < -0.3 is 24.8 Å². The molecule has 2 aliphatic carbocycles. The fourth-order valence-corrected chi connectivity index (χ4v) is 25.6. The number of para-hydroxylation sites is 2. The summed E-state index contributed by atoms with van der Waals surface area (Å²) in [5, 5.41) is 2.85. The summed E-state index contributed by atoms with van der Waals surface area (Å²) in [7, 11) is 4.65. The minimum Gasteiger partial charge on any atom is -1.00 e. The van der Waals surface area contributed by atoms with Crippen LogP contribution in [-0.2, 0) is 34.4 Å². The van der Waals surface area contributed by atoms with E-state index in [0.29, 0.717) is 7.25 Å². The van der Waals surface area contributed by atoms with Crippen LogP contribution < -0.4 is 24.8 Å². The van der Waals surface area contributed by atoms with Gasteiger partial charge >= 0.3 is 223 Å². The Kier molecular flexibility index (Phi) is 5.67. The Morgan fingerprint density at radius 3 is 1.36 bits per heavy atom. The maximum atomic E-state index is 2.57. The van der Waals surface area contributed by atoms with Crippen molar-refractivity contribution >= 4 is 21.8 Å². The molecule has 2 atom stereocenters. The maximum absolute atomic E-state index is 2.84. The average Bonchev–Trinajstić information content (AvgIpc) is 3.29. The van der Waals surface area contributed by atoms with E-state index in [1.165, 1.54) is 52.3 Å². The van der Waals surface area contributed by atoms with E-state index in [2.05, 4.69) is 120 Å². The fourth-order valence-electron chi connectivity index (χ4n) is 8.37. The third kappa shape index (κ3) is 3.02. The number of nitrogens with zero attached hydrogens (tertiary/aromatic N) is 2. The molecule has 0 radical (unpaired) electrons. The first kappa shape index (κ1) is 25.4. The number of benzene rings is 4. The molecule has 0 saturated carbocycles. The molecule has 0 bridgehead atoms. The van der Waals surface area contributed by atoms with Gasteiger partial charge in [0, 0.05) is 0 Å². The molecule has 1 saturated heterocycles. The molecule has 3 heterocycles. The van der Waals surface area contributed by atoms with Crippen molar-refractivity contribution in [2.45, 2.75) is 15.5 Å². The second-order valence-corrected chi connectivity index (χ2v) is 22.8. The molecule has 4 aromatic carbocycles. The molecule has 2 unspecified atom stereocenters. The van der Waals surface area contributed by atoms with Gasteiger partial charge in [-0.05, 0) is 0 Å². The first-order valence-electron chi connectivity index (χ1n) is 13.5. The van der Waals surface area contributed by atoms with E-state index in [1.807, 2.05) is 0 Å².